The molecular weight excluding hydrogens is 490 g/mol. The number of H-pyrrole nitrogens is 1. The topological polar surface area (TPSA) is 80.8 Å². The van der Waals surface area contributed by atoms with Gasteiger partial charge in [-0.25, -0.2) is 9.78 Å². The number of hydrogen-bond acceptors (Lipinski definition) is 6. The maximum atomic E-state index is 12.6. The summed E-state index contributed by atoms with van der Waals surface area (Å²) in [6, 6.07) is 22.5. The number of thiazole rings is 1. The number of nitrogens with one attached hydrogen (secondary N) is 1. The summed E-state index contributed by atoms with van der Waals surface area (Å²) in [7, 11) is 3.16. The van der Waals surface area contributed by atoms with Gasteiger partial charge < -0.3 is 19.8 Å². The largest absolute Gasteiger partial charge is 0.496 e. The number of carbonyl (C=O) groups is 1. The standard InChI is InChI=1S/C28H25N3O3S2/c1-33-23-12-11-16(13-17(23)15-35-28-31-21-9-5-6-10-24(21)36-28)25-26-19(14-22(30-25)27(32)34-2)18-7-3-4-8-20(18)29-26/h3-13,22,25,29-30H,14-15H2,1-2H3/p+1/t22-,25-/m0/s1. The van der Waals surface area contributed by atoms with Gasteiger partial charge in [0.1, 0.15) is 5.75 Å². The zero-order chi connectivity index (χ0) is 24.6. The van der Waals surface area contributed by atoms with E-state index in [1.165, 1.54) is 22.8 Å². The number of nitrogens with zero attached hydrogens (tertiary/aromatic N) is 1. The lowest BCUT2D eigenvalue weighted by atomic mass is 9.89. The van der Waals surface area contributed by atoms with Crippen molar-refractivity contribution in [3.8, 4) is 5.75 Å². The molecule has 1 aliphatic heterocycles. The Morgan fingerprint density at radius 3 is 2.81 bits per heavy atom. The van der Waals surface area contributed by atoms with Gasteiger partial charge >= 0.3 is 5.97 Å². The van der Waals surface area contributed by atoms with Crippen molar-refractivity contribution in [2.24, 2.45) is 0 Å². The number of esters is 1. The second-order valence-corrected chi connectivity index (χ2v) is 11.1. The minimum absolute atomic E-state index is 0.0534. The zero-order valence-electron chi connectivity index (χ0n) is 20.0. The van der Waals surface area contributed by atoms with Crippen molar-refractivity contribution in [1.29, 1.82) is 0 Å². The Bertz CT molecular complexity index is 1540. The van der Waals surface area contributed by atoms with Gasteiger partial charge in [-0.3, -0.25) is 0 Å². The molecule has 6 rings (SSSR count). The van der Waals surface area contributed by atoms with Crippen molar-refractivity contribution in [3.63, 3.8) is 0 Å². The average Bonchev–Trinajstić information content (AvgIpc) is 3.51. The SMILES string of the molecule is COC(=O)[C@@H]1Cc2c([nH]c3ccccc23)[C@H](c2ccc(OC)c(CSc3nc4ccccc4s3)c2)[NH2+]1. The molecule has 182 valence electrons. The molecule has 1 aliphatic rings. The second kappa shape index (κ2) is 9.61. The minimum Gasteiger partial charge on any atom is -0.496 e. The van der Waals surface area contributed by atoms with Crippen LogP contribution in [0.3, 0.4) is 0 Å². The average molecular weight is 517 g/mol. The highest BCUT2D eigenvalue weighted by atomic mass is 32.2. The summed E-state index contributed by atoms with van der Waals surface area (Å²) in [5.74, 6) is 1.39. The molecule has 5 aromatic rings. The minimum atomic E-state index is -0.297. The van der Waals surface area contributed by atoms with Crippen molar-refractivity contribution < 1.29 is 19.6 Å². The van der Waals surface area contributed by atoms with Crippen LogP contribution in [0.2, 0.25) is 0 Å². The number of methoxy groups -OCH3 is 2. The fourth-order valence-corrected chi connectivity index (χ4v) is 7.12. The summed E-state index contributed by atoms with van der Waals surface area (Å²) in [6.45, 7) is 0. The number of aromatic amines is 1. The maximum Gasteiger partial charge on any atom is 0.364 e. The molecule has 2 atom stereocenters. The first-order valence-corrected chi connectivity index (χ1v) is 13.6. The Kier molecular flexibility index (Phi) is 6.17. The van der Waals surface area contributed by atoms with Crippen LogP contribution in [0, 0.1) is 0 Å². The van der Waals surface area contributed by atoms with Gasteiger partial charge in [0.2, 0.25) is 0 Å². The maximum absolute atomic E-state index is 12.6. The zero-order valence-corrected chi connectivity index (χ0v) is 21.6. The first-order chi connectivity index (χ1) is 17.6. The number of hydrogen-bond donors (Lipinski definition) is 2. The Labute approximate surface area is 217 Å². The number of nitrogens with two attached hydrogens (primary N) is 1. The van der Waals surface area contributed by atoms with E-state index in [0.717, 1.165) is 43.7 Å². The highest BCUT2D eigenvalue weighted by molar-refractivity contribution is 8.00. The van der Waals surface area contributed by atoms with Gasteiger partial charge in [0.25, 0.3) is 0 Å². The van der Waals surface area contributed by atoms with Crippen molar-refractivity contribution >= 4 is 50.2 Å². The molecule has 0 radical (unpaired) electrons. The van der Waals surface area contributed by atoms with Crippen LogP contribution in [-0.4, -0.2) is 36.2 Å². The molecule has 0 saturated carbocycles. The fourth-order valence-electron chi connectivity index (χ4n) is 5.07. The Morgan fingerprint density at radius 2 is 1.97 bits per heavy atom. The molecule has 8 heteroatoms. The van der Waals surface area contributed by atoms with Crippen LogP contribution in [0.15, 0.2) is 71.1 Å². The molecule has 0 spiro atoms. The van der Waals surface area contributed by atoms with Gasteiger partial charge in [0.05, 0.1) is 30.1 Å². The van der Waals surface area contributed by atoms with Gasteiger partial charge in [-0.1, -0.05) is 42.1 Å². The summed E-state index contributed by atoms with van der Waals surface area (Å²) in [5.41, 5.74) is 6.68. The molecule has 36 heavy (non-hydrogen) atoms. The van der Waals surface area contributed by atoms with E-state index in [0.29, 0.717) is 6.42 Å². The number of ether oxygens (including phenoxy) is 2. The summed E-state index contributed by atoms with van der Waals surface area (Å²) < 4.78 is 13.1. The summed E-state index contributed by atoms with van der Waals surface area (Å²) in [4.78, 5) is 21.0. The van der Waals surface area contributed by atoms with Crippen LogP contribution >= 0.6 is 23.1 Å². The van der Waals surface area contributed by atoms with E-state index in [2.05, 4.69) is 40.6 Å². The van der Waals surface area contributed by atoms with Gasteiger partial charge in [-0.05, 0) is 42.0 Å². The molecule has 2 aromatic heterocycles. The van der Waals surface area contributed by atoms with E-state index >= 15 is 0 Å². The molecular formula is C28H26N3O3S2+. The molecule has 0 amide bonds. The second-order valence-electron chi connectivity index (χ2n) is 8.87. The smallest absolute Gasteiger partial charge is 0.364 e. The predicted molar refractivity (Wildman–Crippen MR) is 144 cm³/mol. The summed E-state index contributed by atoms with van der Waals surface area (Å²) in [6.07, 6.45) is 0.638. The third-order valence-electron chi connectivity index (χ3n) is 6.80. The van der Waals surface area contributed by atoms with Crippen LogP contribution in [0.1, 0.15) is 28.4 Å². The Balaban J connectivity index is 1.36. The van der Waals surface area contributed by atoms with Crippen LogP contribution in [-0.2, 0) is 21.7 Å². The van der Waals surface area contributed by atoms with E-state index < -0.39 is 0 Å². The van der Waals surface area contributed by atoms with Gasteiger partial charge in [-0.2, -0.15) is 0 Å². The van der Waals surface area contributed by atoms with Gasteiger partial charge in [-0.15, -0.1) is 11.3 Å². The van der Waals surface area contributed by atoms with Crippen molar-refractivity contribution in [2.75, 3.05) is 14.2 Å². The Hall–Kier alpha value is -3.33. The number of para-hydroxylation sites is 2. The summed E-state index contributed by atoms with van der Waals surface area (Å²) in [5, 5.41) is 3.29. The highest BCUT2D eigenvalue weighted by Crippen LogP contribution is 2.36. The number of aromatic nitrogens is 2. The van der Waals surface area contributed by atoms with Crippen LogP contribution in [0.4, 0.5) is 0 Å². The molecule has 0 bridgehead atoms. The molecule has 0 saturated heterocycles. The molecule has 0 unspecified atom stereocenters. The molecule has 6 nitrogen and oxygen atoms in total. The van der Waals surface area contributed by atoms with Crippen molar-refractivity contribution in [1.82, 2.24) is 9.97 Å². The molecule has 0 fully saturated rings. The third kappa shape index (κ3) is 4.15. The van der Waals surface area contributed by atoms with E-state index in [4.69, 9.17) is 14.5 Å². The molecule has 3 heterocycles. The molecule has 0 aliphatic carbocycles. The van der Waals surface area contributed by atoms with E-state index in [-0.39, 0.29) is 18.1 Å². The lowest BCUT2D eigenvalue weighted by Gasteiger charge is -2.27. The van der Waals surface area contributed by atoms with Gasteiger partial charge in [0, 0.05) is 34.2 Å². The number of benzene rings is 3. The number of fused-ring (bicyclic) bond motifs is 4. The van der Waals surface area contributed by atoms with E-state index in [1.807, 2.05) is 36.4 Å². The van der Waals surface area contributed by atoms with Crippen LogP contribution in [0.5, 0.6) is 5.75 Å². The normalized spacial score (nSPS) is 17.3. The van der Waals surface area contributed by atoms with Crippen LogP contribution in [0.25, 0.3) is 21.1 Å². The number of quaternary nitrogens is 1. The quantitative estimate of drug-likeness (QED) is 0.250. The highest BCUT2D eigenvalue weighted by Gasteiger charge is 2.38. The predicted octanol–water partition coefficient (Wildman–Crippen LogP) is 4.83. The monoisotopic (exact) mass is 516 g/mol. The lowest BCUT2D eigenvalue weighted by molar-refractivity contribution is -0.712. The molecule has 3 N–H and O–H groups in total. The first-order valence-electron chi connectivity index (χ1n) is 11.8. The van der Waals surface area contributed by atoms with Gasteiger partial charge in [0.15, 0.2) is 16.4 Å². The Morgan fingerprint density at radius 1 is 1.14 bits per heavy atom. The molecule has 3 aromatic carbocycles. The number of thioether (sulfide) groups is 1. The van der Waals surface area contributed by atoms with Crippen molar-refractivity contribution in [3.05, 3.63) is 89.1 Å². The van der Waals surface area contributed by atoms with Crippen LogP contribution < -0.4 is 10.1 Å². The van der Waals surface area contributed by atoms with Crippen molar-refractivity contribution in [2.45, 2.75) is 28.6 Å². The third-order valence-corrected chi connectivity index (χ3v) is 9.03. The lowest BCUT2D eigenvalue weighted by Crippen LogP contribution is -2.94. The first kappa shape index (κ1) is 23.1. The fraction of sp³-hybridized carbons (Fsp3) is 0.214. The number of rotatable bonds is 6. The summed E-state index contributed by atoms with van der Waals surface area (Å²) >= 11 is 3.43. The number of carbonyl (C=O) groups excluding carboxylic acids is 1. The van der Waals surface area contributed by atoms with E-state index in [1.54, 1.807) is 30.2 Å². The van der Waals surface area contributed by atoms with E-state index in [9.17, 15) is 4.79 Å².